The summed E-state index contributed by atoms with van der Waals surface area (Å²) in [6, 6.07) is -0.0986. The monoisotopic (exact) mass is 381 g/mol. The van der Waals surface area contributed by atoms with Crippen LogP contribution in [-0.2, 0) is 14.3 Å². The second kappa shape index (κ2) is 10.4. The molecule has 0 aromatic heterocycles. The van der Waals surface area contributed by atoms with Crippen LogP contribution in [0.15, 0.2) is 0 Å². The minimum Gasteiger partial charge on any atom is -0.394 e. The fourth-order valence-corrected chi connectivity index (χ4v) is 4.06. The Morgan fingerprint density at radius 3 is 2.56 bits per heavy atom. The number of aliphatic hydroxyl groups is 1. The smallest absolute Gasteiger partial charge is 0.223 e. The van der Waals surface area contributed by atoms with E-state index in [2.05, 4.69) is 15.5 Å². The molecule has 2 amide bonds. The Balaban J connectivity index is 1.29. The molecule has 3 aliphatic rings. The standard InChI is InChI=1S/C20H35N3O4/c24-14-18-17(22-20(26)15-4-5-15)7-6-16(27-18)8-10-21-19(25)9-13-23-11-2-1-3-12-23/h15-18,24H,1-14H2,(H,21,25)(H,22,26)/t16-,17+,18+/m0/s1. The maximum absolute atomic E-state index is 12.0. The Labute approximate surface area is 162 Å². The third kappa shape index (κ3) is 6.73. The SMILES string of the molecule is O=C(CCN1CCCCC1)NCC[C@@H]1CC[C@@H](NC(=O)C2CC2)[C@@H](CO)O1. The molecule has 0 aromatic rings. The van der Waals surface area contributed by atoms with Crippen LogP contribution < -0.4 is 10.6 Å². The summed E-state index contributed by atoms with van der Waals surface area (Å²) in [7, 11) is 0. The Bertz CT molecular complexity index is 492. The van der Waals surface area contributed by atoms with Crippen molar-refractivity contribution < 1.29 is 19.4 Å². The number of hydrogen-bond donors (Lipinski definition) is 3. The molecule has 3 atom stereocenters. The van der Waals surface area contributed by atoms with Gasteiger partial charge in [0.15, 0.2) is 0 Å². The quantitative estimate of drug-likeness (QED) is 0.550. The predicted octanol–water partition coefficient (Wildman–Crippen LogP) is 0.803. The van der Waals surface area contributed by atoms with Gasteiger partial charge < -0.3 is 25.4 Å². The third-order valence-electron chi connectivity index (χ3n) is 5.96. The van der Waals surface area contributed by atoms with Crippen molar-refractivity contribution in [2.24, 2.45) is 5.92 Å². The second-order valence-electron chi connectivity index (χ2n) is 8.24. The zero-order chi connectivity index (χ0) is 19.1. The van der Waals surface area contributed by atoms with E-state index in [4.69, 9.17) is 4.74 Å². The average Bonchev–Trinajstić information content (AvgIpc) is 3.53. The number of carbonyl (C=O) groups excluding carboxylic acids is 2. The van der Waals surface area contributed by atoms with E-state index in [0.29, 0.717) is 13.0 Å². The Hall–Kier alpha value is -1.18. The van der Waals surface area contributed by atoms with Gasteiger partial charge in [0, 0.05) is 25.4 Å². The van der Waals surface area contributed by atoms with E-state index >= 15 is 0 Å². The fourth-order valence-electron chi connectivity index (χ4n) is 4.06. The lowest BCUT2D eigenvalue weighted by Crippen LogP contribution is -2.51. The first-order valence-electron chi connectivity index (χ1n) is 10.7. The summed E-state index contributed by atoms with van der Waals surface area (Å²) in [6.45, 7) is 3.59. The largest absolute Gasteiger partial charge is 0.394 e. The van der Waals surface area contributed by atoms with Gasteiger partial charge in [0.05, 0.1) is 18.8 Å². The van der Waals surface area contributed by atoms with Crippen molar-refractivity contribution in [3.63, 3.8) is 0 Å². The van der Waals surface area contributed by atoms with Gasteiger partial charge in [-0.2, -0.15) is 0 Å². The summed E-state index contributed by atoms with van der Waals surface area (Å²) in [6.07, 6.45) is 8.39. The van der Waals surface area contributed by atoms with E-state index in [1.807, 2.05) is 0 Å². The predicted molar refractivity (Wildman–Crippen MR) is 102 cm³/mol. The molecule has 2 heterocycles. The molecule has 1 saturated carbocycles. The number of amides is 2. The van der Waals surface area contributed by atoms with Crippen molar-refractivity contribution in [2.45, 2.75) is 76.0 Å². The summed E-state index contributed by atoms with van der Waals surface area (Å²) in [5, 5.41) is 15.6. The highest BCUT2D eigenvalue weighted by molar-refractivity contribution is 5.81. The Morgan fingerprint density at radius 2 is 1.85 bits per heavy atom. The van der Waals surface area contributed by atoms with Gasteiger partial charge in [0.1, 0.15) is 6.10 Å². The van der Waals surface area contributed by atoms with Gasteiger partial charge in [-0.15, -0.1) is 0 Å². The molecule has 0 radical (unpaired) electrons. The molecule has 0 unspecified atom stereocenters. The maximum atomic E-state index is 12.0. The molecule has 3 rings (SSSR count). The van der Waals surface area contributed by atoms with Crippen molar-refractivity contribution in [3.05, 3.63) is 0 Å². The number of nitrogens with one attached hydrogen (secondary N) is 2. The van der Waals surface area contributed by atoms with Gasteiger partial charge in [-0.3, -0.25) is 9.59 Å². The number of rotatable bonds is 9. The van der Waals surface area contributed by atoms with Crippen LogP contribution in [0, 0.1) is 5.92 Å². The lowest BCUT2D eigenvalue weighted by molar-refractivity contribution is -0.130. The Morgan fingerprint density at radius 1 is 1.07 bits per heavy atom. The van der Waals surface area contributed by atoms with E-state index in [1.54, 1.807) is 0 Å². The first kappa shape index (κ1) is 20.6. The third-order valence-corrected chi connectivity index (χ3v) is 5.96. The van der Waals surface area contributed by atoms with Gasteiger partial charge in [0.2, 0.25) is 11.8 Å². The summed E-state index contributed by atoms with van der Waals surface area (Å²) >= 11 is 0. The topological polar surface area (TPSA) is 90.9 Å². The summed E-state index contributed by atoms with van der Waals surface area (Å²) in [5.74, 6) is 0.369. The first-order valence-corrected chi connectivity index (χ1v) is 10.7. The number of nitrogens with zero attached hydrogens (tertiary/aromatic N) is 1. The molecule has 0 aromatic carbocycles. The van der Waals surface area contributed by atoms with Crippen molar-refractivity contribution in [1.29, 1.82) is 0 Å². The van der Waals surface area contributed by atoms with Crippen LogP contribution in [-0.4, -0.2) is 72.9 Å². The van der Waals surface area contributed by atoms with E-state index < -0.39 is 0 Å². The first-order chi connectivity index (χ1) is 13.2. The molecule has 2 aliphatic heterocycles. The number of carbonyl (C=O) groups is 2. The van der Waals surface area contributed by atoms with Gasteiger partial charge >= 0.3 is 0 Å². The van der Waals surface area contributed by atoms with Crippen molar-refractivity contribution >= 4 is 11.8 Å². The van der Waals surface area contributed by atoms with E-state index in [1.165, 1.54) is 19.3 Å². The van der Waals surface area contributed by atoms with Gasteiger partial charge in [0.25, 0.3) is 0 Å². The zero-order valence-corrected chi connectivity index (χ0v) is 16.3. The van der Waals surface area contributed by atoms with Gasteiger partial charge in [-0.05, 0) is 58.0 Å². The molecule has 154 valence electrons. The second-order valence-corrected chi connectivity index (χ2v) is 8.24. The molecule has 0 bridgehead atoms. The highest BCUT2D eigenvalue weighted by Crippen LogP contribution is 2.30. The van der Waals surface area contributed by atoms with E-state index in [0.717, 1.165) is 51.7 Å². The molecule has 0 spiro atoms. The molecule has 27 heavy (non-hydrogen) atoms. The molecule has 7 nitrogen and oxygen atoms in total. The van der Waals surface area contributed by atoms with Crippen molar-refractivity contribution in [1.82, 2.24) is 15.5 Å². The van der Waals surface area contributed by atoms with Crippen LogP contribution in [0.2, 0.25) is 0 Å². The van der Waals surface area contributed by atoms with E-state index in [-0.39, 0.29) is 42.6 Å². The minimum atomic E-state index is -0.346. The molecule has 3 N–H and O–H groups in total. The van der Waals surface area contributed by atoms with Gasteiger partial charge in [-0.1, -0.05) is 6.42 Å². The summed E-state index contributed by atoms with van der Waals surface area (Å²) in [4.78, 5) is 26.3. The van der Waals surface area contributed by atoms with Crippen LogP contribution in [0.5, 0.6) is 0 Å². The molecule has 1 aliphatic carbocycles. The average molecular weight is 382 g/mol. The maximum Gasteiger partial charge on any atom is 0.223 e. The van der Waals surface area contributed by atoms with Crippen molar-refractivity contribution in [3.8, 4) is 0 Å². The summed E-state index contributed by atoms with van der Waals surface area (Å²) in [5.41, 5.74) is 0. The molecular formula is C20H35N3O4. The highest BCUT2D eigenvalue weighted by Gasteiger charge is 2.36. The highest BCUT2D eigenvalue weighted by atomic mass is 16.5. The normalized spacial score (nSPS) is 29.3. The van der Waals surface area contributed by atoms with Crippen LogP contribution >= 0.6 is 0 Å². The summed E-state index contributed by atoms with van der Waals surface area (Å²) < 4.78 is 5.96. The molecule has 3 fully saturated rings. The number of aliphatic hydroxyl groups excluding tert-OH is 1. The van der Waals surface area contributed by atoms with Gasteiger partial charge in [-0.25, -0.2) is 0 Å². The van der Waals surface area contributed by atoms with Crippen LogP contribution in [0.4, 0.5) is 0 Å². The molecule has 2 saturated heterocycles. The number of ether oxygens (including phenoxy) is 1. The lowest BCUT2D eigenvalue weighted by atomic mass is 9.97. The van der Waals surface area contributed by atoms with Crippen LogP contribution in [0.3, 0.4) is 0 Å². The zero-order valence-electron chi connectivity index (χ0n) is 16.3. The number of hydrogen-bond acceptors (Lipinski definition) is 5. The van der Waals surface area contributed by atoms with Crippen LogP contribution in [0.1, 0.15) is 57.8 Å². The molecule has 7 heteroatoms. The van der Waals surface area contributed by atoms with Crippen LogP contribution in [0.25, 0.3) is 0 Å². The van der Waals surface area contributed by atoms with E-state index in [9.17, 15) is 14.7 Å². The number of likely N-dealkylation sites (tertiary alicyclic amines) is 1. The minimum absolute atomic E-state index is 0.0265. The fraction of sp³-hybridized carbons (Fsp3) is 0.900. The Kier molecular flexibility index (Phi) is 7.91. The van der Waals surface area contributed by atoms with Crippen molar-refractivity contribution in [2.75, 3.05) is 32.8 Å². The lowest BCUT2D eigenvalue weighted by Gasteiger charge is -2.36. The molecular weight excluding hydrogens is 346 g/mol. The number of piperidine rings is 1.